The van der Waals surface area contributed by atoms with Gasteiger partial charge in [-0.05, 0) is 25.2 Å². The predicted molar refractivity (Wildman–Crippen MR) is 85.5 cm³/mol. The molecule has 2 rings (SSSR count). The minimum atomic E-state index is 0.591. The summed E-state index contributed by atoms with van der Waals surface area (Å²) < 4.78 is 0. The highest BCUT2D eigenvalue weighted by Crippen LogP contribution is 2.28. The molecule has 1 aliphatic rings. The quantitative estimate of drug-likeness (QED) is 0.701. The lowest BCUT2D eigenvalue weighted by molar-refractivity contribution is 0.491. The number of nitrogens with zero attached hydrogens (tertiary/aromatic N) is 2. The predicted octanol–water partition coefficient (Wildman–Crippen LogP) is 4.33. The van der Waals surface area contributed by atoms with E-state index in [4.69, 9.17) is 11.6 Å². The van der Waals surface area contributed by atoms with E-state index in [1.165, 1.54) is 38.5 Å². The maximum atomic E-state index is 6.12. The summed E-state index contributed by atoms with van der Waals surface area (Å²) in [7, 11) is 0. The van der Waals surface area contributed by atoms with Crippen molar-refractivity contribution in [3.63, 3.8) is 0 Å². The van der Waals surface area contributed by atoms with Gasteiger partial charge in [0, 0.05) is 13.1 Å². The molecule has 5 heteroatoms. The van der Waals surface area contributed by atoms with Gasteiger partial charge in [-0.1, -0.05) is 44.2 Å². The largest absolute Gasteiger partial charge is 0.369 e. The first-order valence-electron chi connectivity index (χ1n) is 7.80. The first kappa shape index (κ1) is 15.4. The van der Waals surface area contributed by atoms with Gasteiger partial charge in [0.25, 0.3) is 0 Å². The van der Waals surface area contributed by atoms with Crippen molar-refractivity contribution >= 4 is 23.4 Å². The summed E-state index contributed by atoms with van der Waals surface area (Å²) in [5.41, 5.74) is 0. The van der Waals surface area contributed by atoms with Crippen LogP contribution in [0.4, 0.5) is 11.8 Å². The molecule has 2 N–H and O–H groups in total. The second kappa shape index (κ2) is 8.30. The summed E-state index contributed by atoms with van der Waals surface area (Å²) >= 11 is 6.12. The van der Waals surface area contributed by atoms with Gasteiger partial charge in [-0.3, -0.25) is 0 Å². The highest BCUT2D eigenvalue weighted by atomic mass is 35.5. The first-order valence-corrected chi connectivity index (χ1v) is 8.17. The van der Waals surface area contributed by atoms with Crippen LogP contribution in [0.2, 0.25) is 5.02 Å². The zero-order chi connectivity index (χ0) is 14.2. The zero-order valence-corrected chi connectivity index (χ0v) is 13.0. The van der Waals surface area contributed by atoms with Crippen molar-refractivity contribution in [2.45, 2.75) is 51.9 Å². The van der Waals surface area contributed by atoms with Crippen LogP contribution in [0.5, 0.6) is 0 Å². The summed E-state index contributed by atoms with van der Waals surface area (Å²) in [5.74, 6) is 2.33. The fourth-order valence-electron chi connectivity index (χ4n) is 2.71. The zero-order valence-electron chi connectivity index (χ0n) is 12.3. The van der Waals surface area contributed by atoms with Gasteiger partial charge in [0.05, 0.1) is 6.20 Å². The van der Waals surface area contributed by atoms with Crippen molar-refractivity contribution in [2.75, 3.05) is 23.7 Å². The molecule has 1 fully saturated rings. The highest BCUT2D eigenvalue weighted by molar-refractivity contribution is 6.32. The van der Waals surface area contributed by atoms with Crippen molar-refractivity contribution < 1.29 is 0 Å². The SMILES string of the molecule is CCCNc1ncc(Cl)c(NCCCC2CCCC2)n1. The lowest BCUT2D eigenvalue weighted by atomic mass is 10.0. The number of hydrogen-bond donors (Lipinski definition) is 2. The summed E-state index contributed by atoms with van der Waals surface area (Å²) in [5, 5.41) is 7.10. The lowest BCUT2D eigenvalue weighted by Crippen LogP contribution is -2.09. The molecule has 0 atom stereocenters. The molecule has 0 aromatic carbocycles. The van der Waals surface area contributed by atoms with Crippen LogP contribution in [0.1, 0.15) is 51.9 Å². The van der Waals surface area contributed by atoms with Gasteiger partial charge in [0.2, 0.25) is 5.95 Å². The van der Waals surface area contributed by atoms with Crippen LogP contribution in [-0.4, -0.2) is 23.1 Å². The van der Waals surface area contributed by atoms with Crippen molar-refractivity contribution in [1.29, 1.82) is 0 Å². The maximum Gasteiger partial charge on any atom is 0.224 e. The fourth-order valence-corrected chi connectivity index (χ4v) is 2.87. The summed E-state index contributed by atoms with van der Waals surface area (Å²) in [6.45, 7) is 3.92. The molecule has 1 aromatic rings. The number of halogens is 1. The number of rotatable bonds is 8. The smallest absolute Gasteiger partial charge is 0.224 e. The molecule has 1 aliphatic carbocycles. The van der Waals surface area contributed by atoms with Crippen molar-refractivity contribution in [3.05, 3.63) is 11.2 Å². The molecule has 4 nitrogen and oxygen atoms in total. The third-order valence-electron chi connectivity index (χ3n) is 3.83. The number of hydrogen-bond acceptors (Lipinski definition) is 4. The van der Waals surface area contributed by atoms with Gasteiger partial charge in [-0.15, -0.1) is 0 Å². The molecule has 0 saturated heterocycles. The minimum Gasteiger partial charge on any atom is -0.369 e. The van der Waals surface area contributed by atoms with E-state index >= 15 is 0 Å². The molecule has 0 aliphatic heterocycles. The van der Waals surface area contributed by atoms with Gasteiger partial charge in [-0.25, -0.2) is 4.98 Å². The number of aromatic nitrogens is 2. The normalized spacial score (nSPS) is 15.5. The Balaban J connectivity index is 1.75. The van der Waals surface area contributed by atoms with Gasteiger partial charge in [-0.2, -0.15) is 4.98 Å². The van der Waals surface area contributed by atoms with Gasteiger partial charge in [0.1, 0.15) is 10.8 Å². The Hall–Kier alpha value is -1.03. The van der Waals surface area contributed by atoms with Crippen LogP contribution in [0.15, 0.2) is 6.20 Å². The summed E-state index contributed by atoms with van der Waals surface area (Å²) in [6, 6.07) is 0. The molecule has 112 valence electrons. The second-order valence-corrected chi connectivity index (χ2v) is 5.94. The van der Waals surface area contributed by atoms with Crippen LogP contribution in [-0.2, 0) is 0 Å². The second-order valence-electron chi connectivity index (χ2n) is 5.54. The summed E-state index contributed by atoms with van der Waals surface area (Å²) in [4.78, 5) is 8.59. The van der Waals surface area contributed by atoms with E-state index in [1.807, 2.05) is 0 Å². The molecule has 0 amide bonds. The van der Waals surface area contributed by atoms with E-state index in [0.29, 0.717) is 11.0 Å². The van der Waals surface area contributed by atoms with Gasteiger partial charge in [0.15, 0.2) is 0 Å². The fraction of sp³-hybridized carbons (Fsp3) is 0.733. The van der Waals surface area contributed by atoms with Crippen LogP contribution in [0.3, 0.4) is 0 Å². The molecule has 20 heavy (non-hydrogen) atoms. The van der Waals surface area contributed by atoms with E-state index < -0.39 is 0 Å². The third kappa shape index (κ3) is 4.82. The molecule has 0 spiro atoms. The third-order valence-corrected chi connectivity index (χ3v) is 4.11. The van der Waals surface area contributed by atoms with Crippen molar-refractivity contribution in [2.24, 2.45) is 5.92 Å². The topological polar surface area (TPSA) is 49.8 Å². The Labute approximate surface area is 126 Å². The Morgan fingerprint density at radius 2 is 2.05 bits per heavy atom. The van der Waals surface area contributed by atoms with E-state index in [9.17, 15) is 0 Å². The van der Waals surface area contributed by atoms with Gasteiger partial charge >= 0.3 is 0 Å². The van der Waals surface area contributed by atoms with Crippen molar-refractivity contribution in [1.82, 2.24) is 9.97 Å². The van der Waals surface area contributed by atoms with E-state index in [2.05, 4.69) is 27.5 Å². The van der Waals surface area contributed by atoms with Crippen LogP contribution in [0.25, 0.3) is 0 Å². The van der Waals surface area contributed by atoms with Crippen molar-refractivity contribution in [3.8, 4) is 0 Å². The van der Waals surface area contributed by atoms with E-state index in [-0.39, 0.29) is 0 Å². The van der Waals surface area contributed by atoms with Crippen LogP contribution >= 0.6 is 11.6 Å². The number of anilines is 2. The molecule has 1 aromatic heterocycles. The maximum absolute atomic E-state index is 6.12. The highest BCUT2D eigenvalue weighted by Gasteiger charge is 2.14. The van der Waals surface area contributed by atoms with Crippen LogP contribution in [0, 0.1) is 5.92 Å². The molecular formula is C15H25ClN4. The Kier molecular flexibility index (Phi) is 6.37. The Morgan fingerprint density at radius 1 is 1.25 bits per heavy atom. The standard InChI is InChI=1S/C15H25ClN4/c1-2-9-18-15-19-11-13(16)14(20-15)17-10-5-8-12-6-3-4-7-12/h11-12H,2-10H2,1H3,(H2,17,18,19,20). The van der Waals surface area contributed by atoms with E-state index in [1.54, 1.807) is 6.20 Å². The number of nitrogens with one attached hydrogen (secondary N) is 2. The molecular weight excluding hydrogens is 272 g/mol. The first-order chi connectivity index (χ1) is 9.79. The average Bonchev–Trinajstić information content (AvgIpc) is 2.97. The summed E-state index contributed by atoms with van der Waals surface area (Å²) in [6.07, 6.45) is 10.9. The molecule has 1 saturated carbocycles. The molecule has 1 heterocycles. The molecule has 0 radical (unpaired) electrons. The van der Waals surface area contributed by atoms with Crippen LogP contribution < -0.4 is 10.6 Å². The molecule has 0 unspecified atom stereocenters. The Morgan fingerprint density at radius 3 is 2.80 bits per heavy atom. The minimum absolute atomic E-state index is 0.591. The average molecular weight is 297 g/mol. The molecule has 0 bridgehead atoms. The van der Waals surface area contributed by atoms with E-state index in [0.717, 1.165) is 31.2 Å². The monoisotopic (exact) mass is 296 g/mol. The van der Waals surface area contributed by atoms with Gasteiger partial charge < -0.3 is 10.6 Å². The Bertz CT molecular complexity index is 405. The lowest BCUT2D eigenvalue weighted by Gasteiger charge is -2.11.